The SMILES string of the molecule is N#Cc1ccc(Cl)cc1NC(=O)C(=O)NCCN1CCN(c2ccccc2F)CC1. The van der Waals surface area contributed by atoms with Crippen molar-refractivity contribution < 1.29 is 14.0 Å². The van der Waals surface area contributed by atoms with Crippen molar-refractivity contribution in [1.82, 2.24) is 10.2 Å². The van der Waals surface area contributed by atoms with Crippen molar-refractivity contribution in [2.24, 2.45) is 0 Å². The number of piperazine rings is 1. The van der Waals surface area contributed by atoms with E-state index in [1.165, 1.54) is 24.3 Å². The average Bonchev–Trinajstić information content (AvgIpc) is 2.75. The Labute approximate surface area is 179 Å². The Kier molecular flexibility index (Phi) is 7.22. The molecule has 9 heteroatoms. The van der Waals surface area contributed by atoms with Gasteiger partial charge in [-0.1, -0.05) is 23.7 Å². The molecule has 1 heterocycles. The van der Waals surface area contributed by atoms with Crippen LogP contribution in [0.25, 0.3) is 0 Å². The number of anilines is 2. The highest BCUT2D eigenvalue weighted by Gasteiger charge is 2.20. The number of para-hydroxylation sites is 1. The summed E-state index contributed by atoms with van der Waals surface area (Å²) in [6, 6.07) is 13.0. The minimum atomic E-state index is -0.863. The fraction of sp³-hybridized carbons (Fsp3) is 0.286. The van der Waals surface area contributed by atoms with Gasteiger partial charge in [0.1, 0.15) is 11.9 Å². The summed E-state index contributed by atoms with van der Waals surface area (Å²) in [5.41, 5.74) is 1.00. The molecule has 0 bridgehead atoms. The second-order valence-electron chi connectivity index (χ2n) is 6.79. The van der Waals surface area contributed by atoms with E-state index in [0.29, 0.717) is 36.9 Å². The number of halogens is 2. The van der Waals surface area contributed by atoms with Gasteiger partial charge in [0, 0.05) is 44.3 Å². The zero-order valence-corrected chi connectivity index (χ0v) is 17.0. The lowest BCUT2D eigenvalue weighted by atomic mass is 10.2. The molecule has 2 N–H and O–H groups in total. The lowest BCUT2D eigenvalue weighted by Gasteiger charge is -2.36. The van der Waals surface area contributed by atoms with Crippen LogP contribution in [0.3, 0.4) is 0 Å². The highest BCUT2D eigenvalue weighted by atomic mass is 35.5. The first-order chi connectivity index (χ1) is 14.5. The third-order valence-electron chi connectivity index (χ3n) is 4.84. The standard InChI is InChI=1S/C21H21ClFN5O2/c22-16-6-5-15(14-24)18(13-16)26-21(30)20(29)25-7-8-27-9-11-28(12-10-27)19-4-2-1-3-17(19)23/h1-6,13H,7-12H2,(H,25,29)(H,26,30). The predicted molar refractivity (Wildman–Crippen MR) is 113 cm³/mol. The largest absolute Gasteiger partial charge is 0.367 e. The first-order valence-corrected chi connectivity index (χ1v) is 9.86. The third kappa shape index (κ3) is 5.47. The van der Waals surface area contributed by atoms with Gasteiger partial charge in [-0.2, -0.15) is 5.26 Å². The summed E-state index contributed by atoms with van der Waals surface area (Å²) in [4.78, 5) is 28.2. The maximum atomic E-state index is 13.9. The van der Waals surface area contributed by atoms with Crippen molar-refractivity contribution in [2.45, 2.75) is 0 Å². The molecule has 0 radical (unpaired) electrons. The Bertz CT molecular complexity index is 970. The lowest BCUT2D eigenvalue weighted by Crippen LogP contribution is -2.49. The molecule has 0 atom stereocenters. The van der Waals surface area contributed by atoms with Gasteiger partial charge in [0.25, 0.3) is 0 Å². The molecule has 30 heavy (non-hydrogen) atoms. The van der Waals surface area contributed by atoms with Crippen LogP contribution in [0.4, 0.5) is 15.8 Å². The minimum Gasteiger partial charge on any atom is -0.367 e. The topological polar surface area (TPSA) is 88.5 Å². The normalized spacial score (nSPS) is 14.1. The molecular formula is C21H21ClFN5O2. The Morgan fingerprint density at radius 2 is 1.83 bits per heavy atom. The van der Waals surface area contributed by atoms with Gasteiger partial charge in [-0.15, -0.1) is 0 Å². The van der Waals surface area contributed by atoms with Crippen LogP contribution in [0.1, 0.15) is 5.56 Å². The van der Waals surface area contributed by atoms with E-state index in [-0.39, 0.29) is 17.1 Å². The summed E-state index contributed by atoms with van der Waals surface area (Å²) >= 11 is 5.87. The zero-order valence-electron chi connectivity index (χ0n) is 16.2. The summed E-state index contributed by atoms with van der Waals surface area (Å²) < 4.78 is 13.9. The smallest absolute Gasteiger partial charge is 0.313 e. The van der Waals surface area contributed by atoms with E-state index < -0.39 is 11.8 Å². The molecule has 156 valence electrons. The van der Waals surface area contributed by atoms with Gasteiger partial charge in [-0.25, -0.2) is 4.39 Å². The van der Waals surface area contributed by atoms with E-state index in [9.17, 15) is 14.0 Å². The van der Waals surface area contributed by atoms with Crippen LogP contribution in [0.2, 0.25) is 5.02 Å². The molecule has 0 spiro atoms. The number of hydrogen-bond acceptors (Lipinski definition) is 5. The molecule has 2 amide bonds. The molecule has 7 nitrogen and oxygen atoms in total. The number of carbonyl (C=O) groups is 2. The second-order valence-corrected chi connectivity index (χ2v) is 7.23. The first-order valence-electron chi connectivity index (χ1n) is 9.48. The fourth-order valence-corrected chi connectivity index (χ4v) is 3.40. The number of nitrogens with one attached hydrogen (secondary N) is 2. The van der Waals surface area contributed by atoms with Gasteiger partial charge < -0.3 is 15.5 Å². The highest BCUT2D eigenvalue weighted by molar-refractivity contribution is 6.40. The van der Waals surface area contributed by atoms with E-state index in [4.69, 9.17) is 16.9 Å². The molecular weight excluding hydrogens is 409 g/mol. The van der Waals surface area contributed by atoms with Crippen molar-refractivity contribution in [3.63, 3.8) is 0 Å². The van der Waals surface area contributed by atoms with Crippen LogP contribution in [-0.4, -0.2) is 56.0 Å². The molecule has 2 aromatic rings. The molecule has 1 saturated heterocycles. The van der Waals surface area contributed by atoms with Crippen molar-refractivity contribution in [2.75, 3.05) is 49.5 Å². The number of rotatable bonds is 5. The highest BCUT2D eigenvalue weighted by Crippen LogP contribution is 2.21. The number of carbonyl (C=O) groups excluding carboxylic acids is 2. The molecule has 0 saturated carbocycles. The number of nitrogens with zero attached hydrogens (tertiary/aromatic N) is 3. The maximum Gasteiger partial charge on any atom is 0.313 e. The van der Waals surface area contributed by atoms with Gasteiger partial charge >= 0.3 is 11.8 Å². The van der Waals surface area contributed by atoms with Crippen LogP contribution in [0.5, 0.6) is 0 Å². The number of amides is 2. The van der Waals surface area contributed by atoms with Gasteiger partial charge in [0.2, 0.25) is 0 Å². The molecule has 3 rings (SSSR count). The molecule has 1 aliphatic heterocycles. The van der Waals surface area contributed by atoms with Crippen molar-refractivity contribution in [3.05, 3.63) is 58.9 Å². The quantitative estimate of drug-likeness (QED) is 0.711. The molecule has 0 aromatic heterocycles. The predicted octanol–water partition coefficient (Wildman–Crippen LogP) is 2.23. The number of nitriles is 1. The number of hydrogen-bond donors (Lipinski definition) is 2. The van der Waals surface area contributed by atoms with Gasteiger partial charge in [0.05, 0.1) is 16.9 Å². The fourth-order valence-electron chi connectivity index (χ4n) is 3.22. The molecule has 2 aromatic carbocycles. The summed E-state index contributed by atoms with van der Waals surface area (Å²) in [6.45, 7) is 3.69. The Balaban J connectivity index is 1.42. The van der Waals surface area contributed by atoms with Crippen LogP contribution < -0.4 is 15.5 Å². The van der Waals surface area contributed by atoms with Crippen molar-refractivity contribution in [1.29, 1.82) is 5.26 Å². The van der Waals surface area contributed by atoms with Crippen molar-refractivity contribution >= 4 is 34.8 Å². The zero-order chi connectivity index (χ0) is 21.5. The van der Waals surface area contributed by atoms with E-state index >= 15 is 0 Å². The molecule has 0 aliphatic carbocycles. The van der Waals surface area contributed by atoms with Crippen LogP contribution in [0, 0.1) is 17.1 Å². The maximum absolute atomic E-state index is 13.9. The Hall–Kier alpha value is -3.15. The van der Waals surface area contributed by atoms with Gasteiger partial charge in [-0.05, 0) is 30.3 Å². The second kappa shape index (κ2) is 10.1. The van der Waals surface area contributed by atoms with Gasteiger partial charge in [-0.3, -0.25) is 14.5 Å². The molecule has 1 fully saturated rings. The Morgan fingerprint density at radius 3 is 2.53 bits per heavy atom. The first kappa shape index (κ1) is 21.6. The average molecular weight is 430 g/mol. The van der Waals surface area contributed by atoms with Crippen molar-refractivity contribution in [3.8, 4) is 6.07 Å². The monoisotopic (exact) mass is 429 g/mol. The number of benzene rings is 2. The Morgan fingerprint density at radius 1 is 1.10 bits per heavy atom. The van der Waals surface area contributed by atoms with E-state index in [1.807, 2.05) is 17.0 Å². The van der Waals surface area contributed by atoms with E-state index in [2.05, 4.69) is 15.5 Å². The van der Waals surface area contributed by atoms with Gasteiger partial charge in [0.15, 0.2) is 0 Å². The third-order valence-corrected chi connectivity index (χ3v) is 5.07. The van der Waals surface area contributed by atoms with Crippen LogP contribution in [0.15, 0.2) is 42.5 Å². The summed E-state index contributed by atoms with van der Waals surface area (Å²) in [6.07, 6.45) is 0. The van der Waals surface area contributed by atoms with E-state index in [1.54, 1.807) is 12.1 Å². The molecule has 0 unspecified atom stereocenters. The lowest BCUT2D eigenvalue weighted by molar-refractivity contribution is -0.136. The van der Waals surface area contributed by atoms with Crippen LogP contribution in [-0.2, 0) is 9.59 Å². The summed E-state index contributed by atoms with van der Waals surface area (Å²) in [5, 5.41) is 14.4. The summed E-state index contributed by atoms with van der Waals surface area (Å²) in [5.74, 6) is -1.88. The van der Waals surface area contributed by atoms with E-state index in [0.717, 1.165) is 13.1 Å². The summed E-state index contributed by atoms with van der Waals surface area (Å²) in [7, 11) is 0. The molecule has 1 aliphatic rings. The van der Waals surface area contributed by atoms with Crippen LogP contribution >= 0.6 is 11.6 Å². The minimum absolute atomic E-state index is 0.189.